The van der Waals surface area contributed by atoms with E-state index < -0.39 is 0 Å². The Bertz CT molecular complexity index is 853. The van der Waals surface area contributed by atoms with Crippen molar-refractivity contribution in [2.24, 2.45) is 5.92 Å². The monoisotopic (exact) mass is 379 g/mol. The number of nitrogens with one attached hydrogen (secondary N) is 1. The molecule has 1 atom stereocenters. The van der Waals surface area contributed by atoms with E-state index in [0.717, 1.165) is 55.1 Å². The van der Waals surface area contributed by atoms with Gasteiger partial charge in [-0.2, -0.15) is 0 Å². The van der Waals surface area contributed by atoms with E-state index in [4.69, 9.17) is 0 Å². The van der Waals surface area contributed by atoms with Crippen molar-refractivity contribution < 1.29 is 9.59 Å². The van der Waals surface area contributed by atoms with Crippen molar-refractivity contribution >= 4 is 22.6 Å². The summed E-state index contributed by atoms with van der Waals surface area (Å²) in [5, 5.41) is 5.29. The van der Waals surface area contributed by atoms with Gasteiger partial charge < -0.3 is 15.1 Å². The molecule has 2 aromatic carbocycles. The fourth-order valence-electron chi connectivity index (χ4n) is 4.72. The molecule has 2 aliphatic rings. The molecular formula is C23H29N3O2. The first kappa shape index (κ1) is 18.9. The van der Waals surface area contributed by atoms with E-state index in [1.165, 1.54) is 0 Å². The molecule has 1 N–H and O–H groups in total. The molecular weight excluding hydrogens is 350 g/mol. The van der Waals surface area contributed by atoms with Crippen molar-refractivity contribution in [2.45, 2.75) is 31.7 Å². The van der Waals surface area contributed by atoms with Gasteiger partial charge in [0.1, 0.15) is 0 Å². The van der Waals surface area contributed by atoms with E-state index in [1.807, 2.05) is 54.4 Å². The second-order valence-electron chi connectivity index (χ2n) is 7.98. The fraction of sp³-hybridized carbons (Fsp3) is 0.478. The molecule has 2 aliphatic heterocycles. The Hall–Kier alpha value is -2.40. The minimum Gasteiger partial charge on any atom is -0.339 e. The number of amides is 2. The maximum absolute atomic E-state index is 13.1. The Labute approximate surface area is 166 Å². The fourth-order valence-corrected chi connectivity index (χ4v) is 4.72. The van der Waals surface area contributed by atoms with Crippen LogP contribution in [0.15, 0.2) is 42.5 Å². The van der Waals surface area contributed by atoms with E-state index >= 15 is 0 Å². The second-order valence-corrected chi connectivity index (χ2v) is 7.98. The molecule has 2 amide bonds. The maximum Gasteiger partial charge on any atom is 0.254 e. The summed E-state index contributed by atoms with van der Waals surface area (Å²) in [6, 6.07) is 14.2. The third kappa shape index (κ3) is 3.63. The number of benzene rings is 2. The van der Waals surface area contributed by atoms with Gasteiger partial charge in [0, 0.05) is 43.7 Å². The lowest BCUT2D eigenvalue weighted by Crippen LogP contribution is -2.47. The zero-order valence-corrected chi connectivity index (χ0v) is 16.6. The van der Waals surface area contributed by atoms with E-state index in [1.54, 1.807) is 0 Å². The Balaban J connectivity index is 1.41. The van der Waals surface area contributed by atoms with Crippen LogP contribution in [-0.2, 0) is 4.79 Å². The van der Waals surface area contributed by atoms with Gasteiger partial charge in [-0.3, -0.25) is 9.59 Å². The van der Waals surface area contributed by atoms with Gasteiger partial charge in [-0.15, -0.1) is 0 Å². The topological polar surface area (TPSA) is 52.7 Å². The standard InChI is InChI=1S/C23H29N3O2/c1-24-16-19-8-5-13-26(19)22(27)18-11-14-25(15-12-18)23(28)21-10-4-7-17-6-2-3-9-20(17)21/h2-4,6-7,9-10,18-19,24H,5,8,11-16H2,1H3. The van der Waals surface area contributed by atoms with E-state index in [2.05, 4.69) is 10.2 Å². The average molecular weight is 380 g/mol. The molecule has 0 aliphatic carbocycles. The van der Waals surface area contributed by atoms with Crippen LogP contribution in [0.3, 0.4) is 0 Å². The van der Waals surface area contributed by atoms with E-state index in [-0.39, 0.29) is 17.7 Å². The lowest BCUT2D eigenvalue weighted by atomic mass is 9.94. The smallest absolute Gasteiger partial charge is 0.254 e. The molecule has 0 radical (unpaired) electrons. The van der Waals surface area contributed by atoms with Crippen molar-refractivity contribution in [1.29, 1.82) is 0 Å². The second kappa shape index (κ2) is 8.31. The molecule has 5 nitrogen and oxygen atoms in total. The molecule has 148 valence electrons. The molecule has 2 aromatic rings. The van der Waals surface area contributed by atoms with Crippen LogP contribution >= 0.6 is 0 Å². The van der Waals surface area contributed by atoms with E-state index in [0.29, 0.717) is 19.1 Å². The molecule has 2 fully saturated rings. The Morgan fingerprint density at radius 3 is 2.54 bits per heavy atom. The summed E-state index contributed by atoms with van der Waals surface area (Å²) >= 11 is 0. The van der Waals surface area contributed by atoms with Gasteiger partial charge in [0.15, 0.2) is 0 Å². The molecule has 0 bridgehead atoms. The summed E-state index contributed by atoms with van der Waals surface area (Å²) in [7, 11) is 1.94. The van der Waals surface area contributed by atoms with Gasteiger partial charge in [-0.05, 0) is 49.6 Å². The number of hydrogen-bond acceptors (Lipinski definition) is 3. The van der Waals surface area contributed by atoms with Crippen molar-refractivity contribution in [3.05, 3.63) is 48.0 Å². The van der Waals surface area contributed by atoms with Gasteiger partial charge in [0.25, 0.3) is 5.91 Å². The molecule has 4 rings (SSSR count). The SMILES string of the molecule is CNCC1CCCN1C(=O)C1CCN(C(=O)c2cccc3ccccc23)CC1. The minimum atomic E-state index is 0.0500. The lowest BCUT2D eigenvalue weighted by Gasteiger charge is -2.35. The number of likely N-dealkylation sites (tertiary alicyclic amines) is 2. The average Bonchev–Trinajstić information content (AvgIpc) is 3.21. The van der Waals surface area contributed by atoms with Crippen LogP contribution in [0, 0.1) is 5.92 Å². The minimum absolute atomic E-state index is 0.0500. The van der Waals surface area contributed by atoms with Crippen molar-refractivity contribution in [3.8, 4) is 0 Å². The summed E-state index contributed by atoms with van der Waals surface area (Å²) in [5.74, 6) is 0.418. The molecule has 0 spiro atoms. The van der Waals surface area contributed by atoms with Gasteiger partial charge in [-0.1, -0.05) is 36.4 Å². The van der Waals surface area contributed by atoms with Crippen LogP contribution in [0.1, 0.15) is 36.0 Å². The summed E-state index contributed by atoms with van der Waals surface area (Å²) in [5.41, 5.74) is 0.761. The zero-order chi connectivity index (χ0) is 19.5. The molecule has 28 heavy (non-hydrogen) atoms. The van der Waals surface area contributed by atoms with Crippen LogP contribution in [0.5, 0.6) is 0 Å². The Morgan fingerprint density at radius 1 is 1.00 bits per heavy atom. The number of piperidine rings is 1. The number of hydrogen-bond donors (Lipinski definition) is 1. The first-order chi connectivity index (χ1) is 13.7. The third-order valence-electron chi connectivity index (χ3n) is 6.25. The van der Waals surface area contributed by atoms with Crippen LogP contribution in [0.4, 0.5) is 0 Å². The lowest BCUT2D eigenvalue weighted by molar-refractivity contribution is -0.137. The largest absolute Gasteiger partial charge is 0.339 e. The van der Waals surface area contributed by atoms with Gasteiger partial charge in [0.2, 0.25) is 5.91 Å². The highest BCUT2D eigenvalue weighted by molar-refractivity contribution is 6.07. The maximum atomic E-state index is 13.1. The van der Waals surface area contributed by atoms with Crippen LogP contribution in [0.2, 0.25) is 0 Å². The third-order valence-corrected chi connectivity index (χ3v) is 6.25. The number of fused-ring (bicyclic) bond motifs is 1. The molecule has 2 saturated heterocycles. The normalized spacial score (nSPS) is 20.7. The summed E-state index contributed by atoms with van der Waals surface area (Å²) in [6.07, 6.45) is 3.71. The number of rotatable bonds is 4. The molecule has 0 saturated carbocycles. The molecule has 5 heteroatoms. The van der Waals surface area contributed by atoms with Gasteiger partial charge >= 0.3 is 0 Å². The number of carbonyl (C=O) groups excluding carboxylic acids is 2. The van der Waals surface area contributed by atoms with Crippen molar-refractivity contribution in [2.75, 3.05) is 33.2 Å². The van der Waals surface area contributed by atoms with Gasteiger partial charge in [-0.25, -0.2) is 0 Å². The van der Waals surface area contributed by atoms with Crippen molar-refractivity contribution in [1.82, 2.24) is 15.1 Å². The molecule has 2 heterocycles. The number of likely N-dealkylation sites (N-methyl/N-ethyl adjacent to an activating group) is 1. The highest BCUT2D eigenvalue weighted by Gasteiger charge is 2.35. The molecule has 0 aromatic heterocycles. The van der Waals surface area contributed by atoms with Gasteiger partial charge in [0.05, 0.1) is 0 Å². The zero-order valence-electron chi connectivity index (χ0n) is 16.6. The summed E-state index contributed by atoms with van der Waals surface area (Å²) in [6.45, 7) is 3.05. The van der Waals surface area contributed by atoms with Crippen LogP contribution in [-0.4, -0.2) is 60.9 Å². The van der Waals surface area contributed by atoms with E-state index in [9.17, 15) is 9.59 Å². The predicted octanol–water partition coefficient (Wildman–Crippen LogP) is 2.90. The summed E-state index contributed by atoms with van der Waals surface area (Å²) < 4.78 is 0. The first-order valence-electron chi connectivity index (χ1n) is 10.4. The number of carbonyl (C=O) groups is 2. The highest BCUT2D eigenvalue weighted by Crippen LogP contribution is 2.27. The first-order valence-corrected chi connectivity index (χ1v) is 10.4. The summed E-state index contributed by atoms with van der Waals surface area (Å²) in [4.78, 5) is 30.1. The quantitative estimate of drug-likeness (QED) is 0.889. The Kier molecular flexibility index (Phi) is 5.62. The van der Waals surface area contributed by atoms with Crippen LogP contribution in [0.25, 0.3) is 10.8 Å². The molecule has 1 unspecified atom stereocenters. The van der Waals surface area contributed by atoms with Crippen molar-refractivity contribution in [3.63, 3.8) is 0 Å². The highest BCUT2D eigenvalue weighted by atomic mass is 16.2. The number of nitrogens with zero attached hydrogens (tertiary/aromatic N) is 2. The predicted molar refractivity (Wildman–Crippen MR) is 111 cm³/mol. The Morgan fingerprint density at radius 2 is 1.75 bits per heavy atom. The van der Waals surface area contributed by atoms with Crippen LogP contribution < -0.4 is 5.32 Å².